The Kier molecular flexibility index (Phi) is 8.90. The van der Waals surface area contributed by atoms with Crippen LogP contribution in [0.1, 0.15) is 49.1 Å². The van der Waals surface area contributed by atoms with Crippen molar-refractivity contribution in [1.82, 2.24) is 0 Å². The fraction of sp³-hybridized carbons (Fsp3) is 0.125. The average molecular weight is 632 g/mol. The molecule has 0 amide bonds. The van der Waals surface area contributed by atoms with E-state index >= 15 is 0 Å². The Morgan fingerprint density at radius 2 is 1.06 bits per heavy atom. The molecule has 0 heterocycles. The summed E-state index contributed by atoms with van der Waals surface area (Å²) in [4.78, 5) is 2.45. The van der Waals surface area contributed by atoms with Gasteiger partial charge in [0.05, 0.1) is 0 Å². The lowest BCUT2D eigenvalue weighted by Crippen LogP contribution is -2.18. The molecular formula is C48H41N. The van der Waals surface area contributed by atoms with Crippen LogP contribution in [0.15, 0.2) is 199 Å². The van der Waals surface area contributed by atoms with Gasteiger partial charge in [-0.2, -0.15) is 0 Å². The molecule has 1 heteroatoms. The van der Waals surface area contributed by atoms with E-state index in [1.807, 2.05) is 0 Å². The lowest BCUT2D eigenvalue weighted by Gasteiger charge is -2.30. The molecule has 0 saturated heterocycles. The smallest absolute Gasteiger partial charge is 0.0458 e. The van der Waals surface area contributed by atoms with Crippen LogP contribution in [-0.2, 0) is 0 Å². The molecular weight excluding hydrogens is 591 g/mol. The summed E-state index contributed by atoms with van der Waals surface area (Å²) in [6, 6.07) is 48.5. The van der Waals surface area contributed by atoms with Crippen molar-refractivity contribution in [2.75, 3.05) is 4.90 Å². The third kappa shape index (κ3) is 6.84. The van der Waals surface area contributed by atoms with Gasteiger partial charge in [-0.25, -0.2) is 0 Å². The Balaban J connectivity index is 1.07. The van der Waals surface area contributed by atoms with Crippen molar-refractivity contribution in [3.05, 3.63) is 210 Å². The molecule has 238 valence electrons. The summed E-state index contributed by atoms with van der Waals surface area (Å²) < 4.78 is 0. The maximum Gasteiger partial charge on any atom is 0.0458 e. The van der Waals surface area contributed by atoms with E-state index < -0.39 is 0 Å². The van der Waals surface area contributed by atoms with Gasteiger partial charge in [-0.05, 0) is 113 Å². The second kappa shape index (κ2) is 14.2. The molecule has 5 aromatic carbocycles. The second-order valence-electron chi connectivity index (χ2n) is 13.2. The zero-order chi connectivity index (χ0) is 32.8. The number of nitrogens with zero attached hydrogens (tertiary/aromatic N) is 1. The van der Waals surface area contributed by atoms with Crippen LogP contribution in [0.2, 0.25) is 0 Å². The summed E-state index contributed by atoms with van der Waals surface area (Å²) in [6.45, 7) is 0. The van der Waals surface area contributed by atoms with Crippen LogP contribution in [0, 0.1) is 0 Å². The van der Waals surface area contributed by atoms with Gasteiger partial charge in [0.25, 0.3) is 0 Å². The molecule has 8 rings (SSSR count). The van der Waals surface area contributed by atoms with E-state index in [9.17, 15) is 0 Å². The van der Waals surface area contributed by atoms with Crippen molar-refractivity contribution >= 4 is 16.9 Å². The average Bonchev–Trinajstić information content (AvgIpc) is 3.20. The second-order valence-corrected chi connectivity index (χ2v) is 13.2. The minimum absolute atomic E-state index is 0.445. The first-order valence-corrected chi connectivity index (χ1v) is 17.6. The highest BCUT2D eigenvalue weighted by Gasteiger charge is 2.20. The molecule has 49 heavy (non-hydrogen) atoms. The Bertz CT molecular complexity index is 2090. The van der Waals surface area contributed by atoms with Gasteiger partial charge in [0.2, 0.25) is 0 Å². The molecule has 0 aliphatic heterocycles. The van der Waals surface area contributed by atoms with E-state index in [0.717, 1.165) is 32.1 Å². The lowest BCUT2D eigenvalue weighted by atomic mass is 9.88. The van der Waals surface area contributed by atoms with Gasteiger partial charge in [0.15, 0.2) is 0 Å². The highest BCUT2D eigenvalue weighted by Crippen LogP contribution is 2.39. The Labute approximate surface area is 291 Å². The first kappa shape index (κ1) is 30.7. The number of rotatable bonds is 8. The van der Waals surface area contributed by atoms with Gasteiger partial charge in [-0.15, -0.1) is 0 Å². The maximum absolute atomic E-state index is 2.45. The molecule has 0 saturated carbocycles. The van der Waals surface area contributed by atoms with Crippen LogP contribution in [0.4, 0.5) is 11.4 Å². The monoisotopic (exact) mass is 631 g/mol. The van der Waals surface area contributed by atoms with E-state index in [-0.39, 0.29) is 0 Å². The molecule has 0 fully saturated rings. The predicted molar refractivity (Wildman–Crippen MR) is 209 cm³/mol. The normalized spacial score (nSPS) is 17.1. The number of allylic oxidation sites excluding steroid dienone is 12. The summed E-state index contributed by atoms with van der Waals surface area (Å²) in [5, 5.41) is 0. The van der Waals surface area contributed by atoms with Crippen molar-refractivity contribution < 1.29 is 0 Å². The first-order chi connectivity index (χ1) is 24.3. The SMILES string of the molecule is C1=CCCC(C2=CC=C(N(c3ccc(C4=CCC(c5ccccc5)C=C4)cc3)c3ccc(-c4ccc(-c5ccccc5)cc4)cc3)CC2)=C1. The summed E-state index contributed by atoms with van der Waals surface area (Å²) >= 11 is 0. The van der Waals surface area contributed by atoms with Crippen molar-refractivity contribution in [3.8, 4) is 22.3 Å². The lowest BCUT2D eigenvalue weighted by molar-refractivity contribution is 0.850. The van der Waals surface area contributed by atoms with Crippen molar-refractivity contribution in [2.24, 2.45) is 0 Å². The molecule has 1 unspecified atom stereocenters. The first-order valence-electron chi connectivity index (χ1n) is 17.6. The minimum atomic E-state index is 0.445. The molecule has 0 spiro atoms. The molecule has 3 aliphatic rings. The summed E-state index contributed by atoms with van der Waals surface area (Å²) in [7, 11) is 0. The quantitative estimate of drug-likeness (QED) is 0.165. The highest BCUT2D eigenvalue weighted by atomic mass is 15.1. The number of anilines is 2. The van der Waals surface area contributed by atoms with Crippen LogP contribution in [0.5, 0.6) is 0 Å². The minimum Gasteiger partial charge on any atom is -0.314 e. The molecule has 1 nitrogen and oxygen atoms in total. The topological polar surface area (TPSA) is 3.24 Å². The van der Waals surface area contributed by atoms with Gasteiger partial charge in [0.1, 0.15) is 0 Å². The highest BCUT2D eigenvalue weighted by molar-refractivity contribution is 5.79. The van der Waals surface area contributed by atoms with E-state index in [0.29, 0.717) is 5.92 Å². The van der Waals surface area contributed by atoms with Crippen LogP contribution in [-0.4, -0.2) is 0 Å². The molecule has 0 radical (unpaired) electrons. The molecule has 0 aromatic heterocycles. The third-order valence-corrected chi connectivity index (χ3v) is 10.1. The van der Waals surface area contributed by atoms with Crippen molar-refractivity contribution in [1.29, 1.82) is 0 Å². The van der Waals surface area contributed by atoms with Gasteiger partial charge in [-0.1, -0.05) is 152 Å². The third-order valence-electron chi connectivity index (χ3n) is 10.1. The Morgan fingerprint density at radius 1 is 0.490 bits per heavy atom. The van der Waals surface area contributed by atoms with Gasteiger partial charge < -0.3 is 4.90 Å². The van der Waals surface area contributed by atoms with E-state index in [1.54, 1.807) is 0 Å². The summed E-state index contributed by atoms with van der Waals surface area (Å²) in [5.41, 5.74) is 15.5. The number of hydrogen-bond donors (Lipinski definition) is 0. The van der Waals surface area contributed by atoms with E-state index in [1.165, 1.54) is 67.2 Å². The fourth-order valence-corrected chi connectivity index (χ4v) is 7.30. The summed E-state index contributed by atoms with van der Waals surface area (Å²) in [6.07, 6.45) is 23.9. The fourth-order valence-electron chi connectivity index (χ4n) is 7.30. The molecule has 0 N–H and O–H groups in total. The zero-order valence-electron chi connectivity index (χ0n) is 27.9. The van der Waals surface area contributed by atoms with E-state index in [2.05, 4.69) is 187 Å². The molecule has 3 aliphatic carbocycles. The van der Waals surface area contributed by atoms with Crippen molar-refractivity contribution in [2.45, 2.75) is 38.0 Å². The predicted octanol–water partition coefficient (Wildman–Crippen LogP) is 13.2. The van der Waals surface area contributed by atoms with Crippen LogP contribution in [0.25, 0.3) is 27.8 Å². The molecule has 1 atom stereocenters. The van der Waals surface area contributed by atoms with Crippen LogP contribution < -0.4 is 4.90 Å². The van der Waals surface area contributed by atoms with Crippen molar-refractivity contribution in [3.63, 3.8) is 0 Å². The Morgan fingerprint density at radius 3 is 1.61 bits per heavy atom. The largest absolute Gasteiger partial charge is 0.314 e. The molecule has 5 aromatic rings. The van der Waals surface area contributed by atoms with Gasteiger partial charge in [-0.3, -0.25) is 0 Å². The van der Waals surface area contributed by atoms with Gasteiger partial charge >= 0.3 is 0 Å². The van der Waals surface area contributed by atoms with E-state index in [4.69, 9.17) is 0 Å². The van der Waals surface area contributed by atoms with Gasteiger partial charge in [0, 0.05) is 23.0 Å². The maximum atomic E-state index is 2.45. The van der Waals surface area contributed by atoms with Crippen LogP contribution >= 0.6 is 0 Å². The number of hydrogen-bond acceptors (Lipinski definition) is 1. The standard InChI is InChI=1S/C48H41N/c1-4-10-36(11-5-1)39-16-20-41(21-17-39)44-26-32-47(33-27-44)49(46-30-24-43(25-31-46)38-14-8-3-9-15-38)48-34-28-45(29-35-48)42-22-18-40(19-23-42)37-12-6-2-7-13-37/h1-8,10-14,16-18,20-24,26-30,32-35,40H,9,15,19,25,31H2. The zero-order valence-corrected chi connectivity index (χ0v) is 27.9. The summed E-state index contributed by atoms with van der Waals surface area (Å²) in [5.74, 6) is 0.445. The Hall–Kier alpha value is -5.66. The number of benzene rings is 5. The molecule has 0 bridgehead atoms. The van der Waals surface area contributed by atoms with Crippen LogP contribution in [0.3, 0.4) is 0 Å².